The monoisotopic (exact) mass is 309 g/mol. The van der Waals surface area contributed by atoms with Gasteiger partial charge in [-0.3, -0.25) is 0 Å². The molecule has 1 atom stereocenters. The van der Waals surface area contributed by atoms with E-state index in [-0.39, 0.29) is 0 Å². The van der Waals surface area contributed by atoms with Gasteiger partial charge in [-0.1, -0.05) is 34.1 Å². The maximum Gasteiger partial charge on any atom is 0.0291 e. The van der Waals surface area contributed by atoms with Gasteiger partial charge in [-0.05, 0) is 42.5 Å². The van der Waals surface area contributed by atoms with E-state index in [0.717, 1.165) is 17.4 Å². The molecule has 1 nitrogen and oxygen atoms in total. The fourth-order valence-corrected chi connectivity index (χ4v) is 2.71. The second kappa shape index (κ2) is 6.34. The summed E-state index contributed by atoms with van der Waals surface area (Å²) in [7, 11) is 0. The van der Waals surface area contributed by atoms with Crippen molar-refractivity contribution in [2.75, 3.05) is 6.54 Å². The maximum atomic E-state index is 3.55. The number of hydrogen-bond acceptors (Lipinski definition) is 2. The second-order valence-electron chi connectivity index (χ2n) is 4.06. The minimum atomic E-state index is 0.406. The molecule has 1 heterocycles. The summed E-state index contributed by atoms with van der Waals surface area (Å²) in [5, 5.41) is 5.68. The van der Waals surface area contributed by atoms with Gasteiger partial charge in [0.2, 0.25) is 0 Å². The number of rotatable bonds is 5. The molecule has 0 aliphatic heterocycles. The molecule has 0 spiro atoms. The minimum absolute atomic E-state index is 0.406. The van der Waals surface area contributed by atoms with Gasteiger partial charge in [-0.15, -0.1) is 11.3 Å². The predicted octanol–water partition coefficient (Wildman–Crippen LogP) is 4.40. The van der Waals surface area contributed by atoms with Crippen LogP contribution in [0.15, 0.2) is 46.3 Å². The Balaban J connectivity index is 1.81. The lowest BCUT2D eigenvalue weighted by molar-refractivity contribution is 0.578. The molecule has 0 aliphatic carbocycles. The Bertz CT molecular complexity index is 436. The molecule has 90 valence electrons. The van der Waals surface area contributed by atoms with E-state index in [4.69, 9.17) is 0 Å². The zero-order valence-corrected chi connectivity index (χ0v) is 12.2. The van der Waals surface area contributed by atoms with Gasteiger partial charge in [0, 0.05) is 21.9 Å². The zero-order chi connectivity index (χ0) is 12.1. The number of hydrogen-bond donors (Lipinski definition) is 1. The third kappa shape index (κ3) is 3.95. The summed E-state index contributed by atoms with van der Waals surface area (Å²) in [5.41, 5.74) is 1.33. The quantitative estimate of drug-likeness (QED) is 0.863. The Morgan fingerprint density at radius 3 is 2.65 bits per heavy atom. The first-order chi connectivity index (χ1) is 8.25. The van der Waals surface area contributed by atoms with Gasteiger partial charge in [-0.25, -0.2) is 0 Å². The van der Waals surface area contributed by atoms with Gasteiger partial charge < -0.3 is 5.32 Å². The molecular formula is C14H16BrNS. The lowest BCUT2D eigenvalue weighted by Crippen LogP contribution is -2.21. The predicted molar refractivity (Wildman–Crippen MR) is 78.6 cm³/mol. The molecule has 1 aromatic carbocycles. The van der Waals surface area contributed by atoms with Crippen molar-refractivity contribution in [2.24, 2.45) is 0 Å². The fraction of sp³-hybridized carbons (Fsp3) is 0.286. The summed E-state index contributed by atoms with van der Waals surface area (Å²) >= 11 is 5.28. The average molecular weight is 310 g/mol. The molecule has 0 aliphatic rings. The van der Waals surface area contributed by atoms with Crippen LogP contribution < -0.4 is 5.32 Å². The van der Waals surface area contributed by atoms with Crippen LogP contribution in [0.1, 0.15) is 23.4 Å². The Labute approximate surface area is 115 Å². The lowest BCUT2D eigenvalue weighted by Gasteiger charge is -2.13. The highest BCUT2D eigenvalue weighted by Crippen LogP contribution is 2.16. The second-order valence-corrected chi connectivity index (χ2v) is 6.00. The molecule has 0 unspecified atom stereocenters. The topological polar surface area (TPSA) is 12.0 Å². The van der Waals surface area contributed by atoms with Crippen LogP contribution in [-0.4, -0.2) is 6.54 Å². The fourth-order valence-electron chi connectivity index (χ4n) is 1.74. The molecule has 0 saturated heterocycles. The van der Waals surface area contributed by atoms with Crippen LogP contribution in [0.3, 0.4) is 0 Å². The highest BCUT2D eigenvalue weighted by molar-refractivity contribution is 9.10. The molecule has 2 aromatic rings. The molecule has 3 heteroatoms. The Kier molecular flexibility index (Phi) is 4.77. The summed E-state index contributed by atoms with van der Waals surface area (Å²) in [4.78, 5) is 1.44. The Hall–Kier alpha value is -0.640. The van der Waals surface area contributed by atoms with Crippen LogP contribution in [0.4, 0.5) is 0 Å². The van der Waals surface area contributed by atoms with Crippen molar-refractivity contribution in [3.05, 3.63) is 56.7 Å². The molecule has 0 bridgehead atoms. The van der Waals surface area contributed by atoms with E-state index in [1.165, 1.54) is 10.4 Å². The zero-order valence-electron chi connectivity index (χ0n) is 9.82. The van der Waals surface area contributed by atoms with Crippen LogP contribution in [0, 0.1) is 0 Å². The van der Waals surface area contributed by atoms with Crippen LogP contribution >= 0.6 is 27.3 Å². The van der Waals surface area contributed by atoms with Gasteiger partial charge >= 0.3 is 0 Å². The molecule has 0 radical (unpaired) electrons. The van der Waals surface area contributed by atoms with Crippen molar-refractivity contribution in [1.29, 1.82) is 0 Å². The van der Waals surface area contributed by atoms with Gasteiger partial charge in [0.05, 0.1) is 0 Å². The van der Waals surface area contributed by atoms with Crippen molar-refractivity contribution in [1.82, 2.24) is 5.32 Å². The summed E-state index contributed by atoms with van der Waals surface area (Å²) in [5.74, 6) is 0. The van der Waals surface area contributed by atoms with Gasteiger partial charge in [0.1, 0.15) is 0 Å². The van der Waals surface area contributed by atoms with Crippen molar-refractivity contribution in [3.63, 3.8) is 0 Å². The molecule has 0 fully saturated rings. The van der Waals surface area contributed by atoms with Crippen LogP contribution in [0.2, 0.25) is 0 Å². The van der Waals surface area contributed by atoms with Gasteiger partial charge in [0.15, 0.2) is 0 Å². The maximum absolute atomic E-state index is 3.55. The van der Waals surface area contributed by atoms with Crippen molar-refractivity contribution < 1.29 is 0 Å². The standard InChI is InChI=1S/C14H16BrNS/c1-11(12-4-6-13(15)7-5-12)16-9-8-14-3-2-10-17-14/h2-7,10-11,16H,8-9H2,1H3/t11-/m1/s1. The molecule has 0 saturated carbocycles. The minimum Gasteiger partial charge on any atom is -0.310 e. The van der Waals surface area contributed by atoms with E-state index in [1.807, 2.05) is 11.3 Å². The number of thiophene rings is 1. The van der Waals surface area contributed by atoms with Crippen molar-refractivity contribution in [2.45, 2.75) is 19.4 Å². The first-order valence-electron chi connectivity index (χ1n) is 5.77. The molecular weight excluding hydrogens is 294 g/mol. The van der Waals surface area contributed by atoms with E-state index >= 15 is 0 Å². The third-order valence-corrected chi connectivity index (χ3v) is 4.24. The summed E-state index contributed by atoms with van der Waals surface area (Å²) in [6.07, 6.45) is 1.11. The summed E-state index contributed by atoms with van der Waals surface area (Å²) < 4.78 is 1.13. The Morgan fingerprint density at radius 2 is 2.00 bits per heavy atom. The molecule has 1 aromatic heterocycles. The van der Waals surface area contributed by atoms with Gasteiger partial charge in [-0.2, -0.15) is 0 Å². The average Bonchev–Trinajstić information content (AvgIpc) is 2.83. The first kappa shape index (κ1) is 12.8. The molecule has 0 amide bonds. The molecule has 1 N–H and O–H groups in total. The van der Waals surface area contributed by atoms with E-state index in [9.17, 15) is 0 Å². The van der Waals surface area contributed by atoms with Crippen molar-refractivity contribution in [3.8, 4) is 0 Å². The van der Waals surface area contributed by atoms with Gasteiger partial charge in [0.25, 0.3) is 0 Å². The third-order valence-electron chi connectivity index (χ3n) is 2.77. The van der Waals surface area contributed by atoms with Crippen LogP contribution in [0.5, 0.6) is 0 Å². The van der Waals surface area contributed by atoms with Crippen LogP contribution in [0.25, 0.3) is 0 Å². The normalized spacial score (nSPS) is 12.6. The molecule has 2 rings (SSSR count). The highest BCUT2D eigenvalue weighted by atomic mass is 79.9. The molecule has 17 heavy (non-hydrogen) atoms. The summed E-state index contributed by atoms with van der Waals surface area (Å²) in [6, 6.07) is 13.2. The number of nitrogens with one attached hydrogen (secondary N) is 1. The largest absolute Gasteiger partial charge is 0.310 e. The van der Waals surface area contributed by atoms with E-state index in [1.54, 1.807) is 0 Å². The van der Waals surface area contributed by atoms with Crippen LogP contribution in [-0.2, 0) is 6.42 Å². The first-order valence-corrected chi connectivity index (χ1v) is 7.44. The number of benzene rings is 1. The number of halogens is 1. The lowest BCUT2D eigenvalue weighted by atomic mass is 10.1. The smallest absolute Gasteiger partial charge is 0.0291 e. The van der Waals surface area contributed by atoms with E-state index in [0.29, 0.717) is 6.04 Å². The van der Waals surface area contributed by atoms with Crippen molar-refractivity contribution >= 4 is 27.3 Å². The van der Waals surface area contributed by atoms with E-state index in [2.05, 4.69) is 69.9 Å². The Morgan fingerprint density at radius 1 is 1.24 bits per heavy atom. The highest BCUT2D eigenvalue weighted by Gasteiger charge is 2.04. The summed E-state index contributed by atoms with van der Waals surface area (Å²) in [6.45, 7) is 3.23. The van der Waals surface area contributed by atoms with E-state index < -0.39 is 0 Å². The SMILES string of the molecule is C[C@@H](NCCc1cccs1)c1ccc(Br)cc1.